The van der Waals surface area contributed by atoms with E-state index in [2.05, 4.69) is 0 Å². The highest BCUT2D eigenvalue weighted by Gasteiger charge is 2.19. The SMILES string of the molecule is CC(C)OC(=O)c1cc(OC(C)C)c(Cl)c(OC(C)C)c1. The Morgan fingerprint density at radius 3 is 1.67 bits per heavy atom. The molecule has 0 fully saturated rings. The van der Waals surface area contributed by atoms with Crippen LogP contribution in [0.15, 0.2) is 12.1 Å². The first-order valence-electron chi connectivity index (χ1n) is 7.08. The van der Waals surface area contributed by atoms with Crippen LogP contribution >= 0.6 is 11.6 Å². The van der Waals surface area contributed by atoms with Crippen molar-refractivity contribution in [2.75, 3.05) is 0 Å². The predicted molar refractivity (Wildman–Crippen MR) is 83.5 cm³/mol. The second kappa shape index (κ2) is 7.55. The van der Waals surface area contributed by atoms with Crippen molar-refractivity contribution in [3.8, 4) is 11.5 Å². The smallest absolute Gasteiger partial charge is 0.338 e. The molecule has 0 aliphatic carbocycles. The van der Waals surface area contributed by atoms with Crippen LogP contribution in [0.2, 0.25) is 5.02 Å². The molecule has 0 radical (unpaired) electrons. The lowest BCUT2D eigenvalue weighted by Gasteiger charge is -2.18. The summed E-state index contributed by atoms with van der Waals surface area (Å²) < 4.78 is 16.5. The van der Waals surface area contributed by atoms with Crippen LogP contribution in [0.5, 0.6) is 11.5 Å². The summed E-state index contributed by atoms with van der Waals surface area (Å²) in [4.78, 5) is 12.1. The van der Waals surface area contributed by atoms with E-state index in [9.17, 15) is 4.79 Å². The maximum absolute atomic E-state index is 12.1. The Hall–Kier alpha value is -1.42. The lowest BCUT2D eigenvalue weighted by atomic mass is 10.2. The highest BCUT2D eigenvalue weighted by molar-refractivity contribution is 6.33. The van der Waals surface area contributed by atoms with Gasteiger partial charge in [-0.2, -0.15) is 0 Å². The molecular formula is C16H23ClO4. The molecule has 0 bridgehead atoms. The second-order valence-electron chi connectivity index (χ2n) is 5.57. The molecule has 0 atom stereocenters. The normalized spacial score (nSPS) is 11.1. The summed E-state index contributed by atoms with van der Waals surface area (Å²) in [5, 5.41) is 0.360. The summed E-state index contributed by atoms with van der Waals surface area (Å²) in [5.41, 5.74) is 0.361. The van der Waals surface area contributed by atoms with Gasteiger partial charge in [-0.05, 0) is 53.7 Å². The van der Waals surface area contributed by atoms with Crippen molar-refractivity contribution in [1.82, 2.24) is 0 Å². The first-order chi connectivity index (χ1) is 9.70. The zero-order chi connectivity index (χ0) is 16.2. The average molecular weight is 315 g/mol. The number of carbonyl (C=O) groups is 1. The number of esters is 1. The predicted octanol–water partition coefficient (Wildman–Crippen LogP) is 4.48. The Labute approximate surface area is 131 Å². The molecule has 0 N–H and O–H groups in total. The van der Waals surface area contributed by atoms with Crippen LogP contribution in [0.1, 0.15) is 51.9 Å². The number of hydrogen-bond donors (Lipinski definition) is 0. The van der Waals surface area contributed by atoms with Crippen LogP contribution in [0.25, 0.3) is 0 Å². The third kappa shape index (κ3) is 5.46. The first kappa shape index (κ1) is 17.6. The standard InChI is InChI=1S/C16H23ClO4/c1-9(2)19-13-7-12(16(18)21-11(5)6)8-14(15(13)17)20-10(3)4/h7-11H,1-6H3. The molecule has 0 spiro atoms. The van der Waals surface area contributed by atoms with E-state index in [0.717, 1.165) is 0 Å². The summed E-state index contributed by atoms with van der Waals surface area (Å²) >= 11 is 6.28. The van der Waals surface area contributed by atoms with Gasteiger partial charge < -0.3 is 14.2 Å². The van der Waals surface area contributed by atoms with Crippen molar-refractivity contribution in [3.63, 3.8) is 0 Å². The summed E-state index contributed by atoms with van der Waals surface area (Å²) in [6, 6.07) is 3.17. The Kier molecular flexibility index (Phi) is 6.34. The van der Waals surface area contributed by atoms with Gasteiger partial charge in [-0.1, -0.05) is 11.6 Å². The minimum atomic E-state index is -0.427. The van der Waals surface area contributed by atoms with E-state index in [1.54, 1.807) is 26.0 Å². The zero-order valence-electron chi connectivity index (χ0n) is 13.4. The third-order valence-electron chi connectivity index (χ3n) is 2.31. The summed E-state index contributed by atoms with van der Waals surface area (Å²) in [5.74, 6) is 0.407. The number of halogens is 1. The van der Waals surface area contributed by atoms with E-state index >= 15 is 0 Å². The van der Waals surface area contributed by atoms with Crippen LogP contribution in [-0.4, -0.2) is 24.3 Å². The monoisotopic (exact) mass is 314 g/mol. The number of ether oxygens (including phenoxy) is 3. The molecule has 4 nitrogen and oxygen atoms in total. The quantitative estimate of drug-likeness (QED) is 0.726. The van der Waals surface area contributed by atoms with Gasteiger partial charge in [0.05, 0.1) is 23.9 Å². The van der Waals surface area contributed by atoms with Crippen molar-refractivity contribution >= 4 is 17.6 Å². The van der Waals surface area contributed by atoms with Crippen molar-refractivity contribution in [3.05, 3.63) is 22.7 Å². The Balaban J connectivity index is 3.21. The van der Waals surface area contributed by atoms with Crippen LogP contribution in [-0.2, 0) is 4.74 Å². The molecule has 21 heavy (non-hydrogen) atoms. The Morgan fingerprint density at radius 1 is 0.905 bits per heavy atom. The highest BCUT2D eigenvalue weighted by atomic mass is 35.5. The van der Waals surface area contributed by atoms with E-state index in [1.807, 2.05) is 27.7 Å². The fourth-order valence-corrected chi connectivity index (χ4v) is 1.85. The summed E-state index contributed by atoms with van der Waals surface area (Å²) in [7, 11) is 0. The Morgan fingerprint density at radius 2 is 1.33 bits per heavy atom. The topological polar surface area (TPSA) is 44.8 Å². The van der Waals surface area contributed by atoms with E-state index in [4.69, 9.17) is 25.8 Å². The molecular weight excluding hydrogens is 292 g/mol. The zero-order valence-corrected chi connectivity index (χ0v) is 14.2. The number of hydrogen-bond acceptors (Lipinski definition) is 4. The maximum Gasteiger partial charge on any atom is 0.338 e. The van der Waals surface area contributed by atoms with Crippen LogP contribution < -0.4 is 9.47 Å². The number of benzene rings is 1. The molecule has 0 saturated carbocycles. The molecule has 5 heteroatoms. The van der Waals surface area contributed by atoms with E-state index in [1.165, 1.54) is 0 Å². The lowest BCUT2D eigenvalue weighted by molar-refractivity contribution is 0.0376. The molecule has 0 unspecified atom stereocenters. The minimum absolute atomic E-state index is 0.0641. The molecule has 1 rings (SSSR count). The fraction of sp³-hybridized carbons (Fsp3) is 0.562. The van der Waals surface area contributed by atoms with Gasteiger partial charge in [0.25, 0.3) is 0 Å². The van der Waals surface area contributed by atoms with Gasteiger partial charge >= 0.3 is 5.97 Å². The number of carbonyl (C=O) groups excluding carboxylic acids is 1. The van der Waals surface area contributed by atoms with Gasteiger partial charge in [0.1, 0.15) is 16.5 Å². The van der Waals surface area contributed by atoms with E-state index < -0.39 is 5.97 Å². The van der Waals surface area contributed by atoms with Gasteiger partial charge in [0, 0.05) is 0 Å². The molecule has 1 aromatic carbocycles. The second-order valence-corrected chi connectivity index (χ2v) is 5.95. The maximum atomic E-state index is 12.1. The molecule has 1 aromatic rings. The van der Waals surface area contributed by atoms with Crippen molar-refractivity contribution in [2.24, 2.45) is 0 Å². The van der Waals surface area contributed by atoms with Gasteiger partial charge in [0.2, 0.25) is 0 Å². The van der Waals surface area contributed by atoms with E-state index in [-0.39, 0.29) is 18.3 Å². The van der Waals surface area contributed by atoms with Crippen molar-refractivity contribution in [1.29, 1.82) is 0 Å². The van der Waals surface area contributed by atoms with E-state index in [0.29, 0.717) is 22.1 Å². The van der Waals surface area contributed by atoms with Crippen LogP contribution in [0, 0.1) is 0 Å². The van der Waals surface area contributed by atoms with Gasteiger partial charge in [0.15, 0.2) is 0 Å². The highest BCUT2D eigenvalue weighted by Crippen LogP contribution is 2.37. The van der Waals surface area contributed by atoms with Crippen molar-refractivity contribution in [2.45, 2.75) is 59.9 Å². The lowest BCUT2D eigenvalue weighted by Crippen LogP contribution is -2.14. The molecule has 0 aliphatic heterocycles. The first-order valence-corrected chi connectivity index (χ1v) is 7.46. The number of rotatable bonds is 6. The largest absolute Gasteiger partial charge is 0.489 e. The average Bonchev–Trinajstić information content (AvgIpc) is 2.31. The van der Waals surface area contributed by atoms with Gasteiger partial charge in [-0.15, -0.1) is 0 Å². The third-order valence-corrected chi connectivity index (χ3v) is 2.68. The Bertz CT molecular complexity index is 464. The summed E-state index contributed by atoms with van der Waals surface area (Å²) in [6.07, 6.45) is -0.325. The molecule has 0 amide bonds. The molecule has 0 heterocycles. The summed E-state index contributed by atoms with van der Waals surface area (Å²) in [6.45, 7) is 11.1. The van der Waals surface area contributed by atoms with Gasteiger partial charge in [-0.3, -0.25) is 0 Å². The molecule has 0 aliphatic rings. The molecule has 118 valence electrons. The molecule has 0 saturated heterocycles. The van der Waals surface area contributed by atoms with Crippen LogP contribution in [0.3, 0.4) is 0 Å². The fourth-order valence-electron chi connectivity index (χ4n) is 1.65. The minimum Gasteiger partial charge on any atom is -0.489 e. The molecule has 0 aromatic heterocycles. The van der Waals surface area contributed by atoms with Crippen LogP contribution in [0.4, 0.5) is 0 Å². The van der Waals surface area contributed by atoms with Crippen molar-refractivity contribution < 1.29 is 19.0 Å². The van der Waals surface area contributed by atoms with Gasteiger partial charge in [-0.25, -0.2) is 4.79 Å².